The molecular weight excluding hydrogens is 277 g/mol. The van der Waals surface area contributed by atoms with Crippen LogP contribution in [0, 0.1) is 5.92 Å². The van der Waals surface area contributed by atoms with Crippen LogP contribution in [0.3, 0.4) is 0 Å². The molecule has 0 unspecified atom stereocenters. The molecule has 0 radical (unpaired) electrons. The predicted octanol–water partition coefficient (Wildman–Crippen LogP) is 3.30. The lowest BCUT2D eigenvalue weighted by atomic mass is 9.97. The van der Waals surface area contributed by atoms with E-state index < -0.39 is 18.0 Å². The minimum absolute atomic E-state index is 0.211. The molecule has 0 saturated carbocycles. The maximum Gasteiger partial charge on any atom is 0.405 e. The van der Waals surface area contributed by atoms with Gasteiger partial charge in [-0.2, -0.15) is 0 Å². The number of hydrogen-bond donors (Lipinski definition) is 1. The van der Waals surface area contributed by atoms with E-state index in [0.29, 0.717) is 5.02 Å². The summed E-state index contributed by atoms with van der Waals surface area (Å²) in [5.41, 5.74) is 5.19. The van der Waals surface area contributed by atoms with Gasteiger partial charge in [0.05, 0.1) is 5.02 Å². The largest absolute Gasteiger partial charge is 0.438 e. The third-order valence-corrected chi connectivity index (χ3v) is 2.85. The van der Waals surface area contributed by atoms with Crippen molar-refractivity contribution in [3.05, 3.63) is 33.8 Å². The van der Waals surface area contributed by atoms with Gasteiger partial charge in [-0.15, -0.1) is 0 Å². The standard InChI is InChI=1S/C12H13Cl2NO3/c1-6(2)11(18-12(15)17)10(16)8-4-3-7(13)5-9(8)14/h3-6,11H,1-2H3,(H2,15,17)/t11-/m1/s1. The van der Waals surface area contributed by atoms with E-state index in [0.717, 1.165) is 0 Å². The fourth-order valence-corrected chi connectivity index (χ4v) is 1.96. The van der Waals surface area contributed by atoms with Crippen molar-refractivity contribution in [2.24, 2.45) is 11.7 Å². The van der Waals surface area contributed by atoms with Crippen LogP contribution in [0.25, 0.3) is 0 Å². The monoisotopic (exact) mass is 289 g/mol. The van der Waals surface area contributed by atoms with Crippen LogP contribution < -0.4 is 5.73 Å². The Bertz CT molecular complexity index is 474. The third-order valence-electron chi connectivity index (χ3n) is 2.30. The molecule has 1 aromatic rings. The van der Waals surface area contributed by atoms with Crippen molar-refractivity contribution < 1.29 is 14.3 Å². The SMILES string of the molecule is CC(C)[C@@H](OC(N)=O)C(=O)c1ccc(Cl)cc1Cl. The average Bonchev–Trinajstić information content (AvgIpc) is 2.24. The summed E-state index contributed by atoms with van der Waals surface area (Å²) in [7, 11) is 0. The van der Waals surface area contributed by atoms with Crippen molar-refractivity contribution in [3.8, 4) is 0 Å². The molecule has 4 nitrogen and oxygen atoms in total. The van der Waals surface area contributed by atoms with Gasteiger partial charge in [0.1, 0.15) is 0 Å². The topological polar surface area (TPSA) is 69.4 Å². The number of nitrogens with two attached hydrogens (primary N) is 1. The van der Waals surface area contributed by atoms with E-state index in [1.165, 1.54) is 12.1 Å². The normalized spacial score (nSPS) is 12.3. The van der Waals surface area contributed by atoms with Crippen molar-refractivity contribution in [1.82, 2.24) is 0 Å². The number of carbonyl (C=O) groups is 2. The highest BCUT2D eigenvalue weighted by molar-refractivity contribution is 6.37. The van der Waals surface area contributed by atoms with Crippen LogP contribution >= 0.6 is 23.2 Å². The van der Waals surface area contributed by atoms with Crippen LogP contribution in [0.1, 0.15) is 24.2 Å². The minimum atomic E-state index is -0.993. The molecule has 0 aliphatic rings. The lowest BCUT2D eigenvalue weighted by Crippen LogP contribution is -2.34. The molecule has 1 rings (SSSR count). The van der Waals surface area contributed by atoms with E-state index in [1.807, 2.05) is 0 Å². The lowest BCUT2D eigenvalue weighted by Gasteiger charge is -2.19. The summed E-state index contributed by atoms with van der Waals surface area (Å²) in [5, 5.41) is 0.639. The molecule has 0 spiro atoms. The second-order valence-electron chi connectivity index (χ2n) is 4.09. The first-order chi connectivity index (χ1) is 8.32. The highest BCUT2D eigenvalue weighted by atomic mass is 35.5. The van der Waals surface area contributed by atoms with E-state index in [-0.39, 0.29) is 16.5 Å². The van der Waals surface area contributed by atoms with Gasteiger partial charge in [-0.25, -0.2) is 4.79 Å². The molecule has 0 aliphatic heterocycles. The second-order valence-corrected chi connectivity index (χ2v) is 4.93. The Morgan fingerprint density at radius 2 is 1.89 bits per heavy atom. The quantitative estimate of drug-likeness (QED) is 0.865. The van der Waals surface area contributed by atoms with E-state index in [4.69, 9.17) is 33.7 Å². The van der Waals surface area contributed by atoms with Gasteiger partial charge in [0.15, 0.2) is 6.10 Å². The number of hydrogen-bond acceptors (Lipinski definition) is 3. The zero-order valence-electron chi connectivity index (χ0n) is 9.94. The molecule has 0 saturated heterocycles. The molecule has 0 fully saturated rings. The first-order valence-electron chi connectivity index (χ1n) is 5.28. The fourth-order valence-electron chi connectivity index (χ4n) is 1.46. The number of amides is 1. The minimum Gasteiger partial charge on any atom is -0.438 e. The maximum atomic E-state index is 12.2. The van der Waals surface area contributed by atoms with Gasteiger partial charge >= 0.3 is 6.09 Å². The van der Waals surface area contributed by atoms with Crippen LogP contribution in [0.5, 0.6) is 0 Å². The van der Waals surface area contributed by atoms with Crippen molar-refractivity contribution >= 4 is 35.1 Å². The van der Waals surface area contributed by atoms with Crippen LogP contribution in [-0.2, 0) is 4.74 Å². The maximum absolute atomic E-state index is 12.2. The molecule has 1 amide bonds. The second kappa shape index (κ2) is 6.07. The van der Waals surface area contributed by atoms with Gasteiger partial charge in [-0.1, -0.05) is 37.0 Å². The number of halogens is 2. The summed E-state index contributed by atoms with van der Waals surface area (Å²) in [6, 6.07) is 4.49. The zero-order chi connectivity index (χ0) is 13.9. The van der Waals surface area contributed by atoms with Crippen LogP contribution in [0.15, 0.2) is 18.2 Å². The van der Waals surface area contributed by atoms with Gasteiger partial charge in [0.2, 0.25) is 5.78 Å². The van der Waals surface area contributed by atoms with E-state index >= 15 is 0 Å². The molecule has 6 heteroatoms. The molecule has 98 valence electrons. The summed E-state index contributed by atoms with van der Waals surface area (Å²) >= 11 is 11.7. The third kappa shape index (κ3) is 3.62. The number of carbonyl (C=O) groups excluding carboxylic acids is 2. The molecule has 0 aliphatic carbocycles. The van der Waals surface area contributed by atoms with Crippen LogP contribution in [-0.4, -0.2) is 18.0 Å². The summed E-state index contributed by atoms with van der Waals surface area (Å²) in [6.45, 7) is 3.49. The Kier molecular flexibility index (Phi) is 4.99. The Morgan fingerprint density at radius 1 is 1.28 bits per heavy atom. The summed E-state index contributed by atoms with van der Waals surface area (Å²) < 4.78 is 4.81. The number of ether oxygens (including phenoxy) is 1. The van der Waals surface area contributed by atoms with Crippen LogP contribution in [0.2, 0.25) is 10.0 Å². The number of benzene rings is 1. The summed E-state index contributed by atoms with van der Waals surface area (Å²) in [5.74, 6) is -0.609. The number of primary amides is 1. The van der Waals surface area contributed by atoms with E-state index in [9.17, 15) is 9.59 Å². The molecule has 18 heavy (non-hydrogen) atoms. The highest BCUT2D eigenvalue weighted by Gasteiger charge is 2.28. The molecule has 1 aromatic carbocycles. The molecule has 0 bridgehead atoms. The van der Waals surface area contributed by atoms with Crippen molar-refractivity contribution in [2.45, 2.75) is 20.0 Å². The Balaban J connectivity index is 3.05. The molecule has 1 atom stereocenters. The Hall–Kier alpha value is -1.26. The van der Waals surface area contributed by atoms with E-state index in [2.05, 4.69) is 0 Å². The predicted molar refractivity (Wildman–Crippen MR) is 70.1 cm³/mol. The average molecular weight is 290 g/mol. The number of ketones is 1. The van der Waals surface area contributed by atoms with E-state index in [1.54, 1.807) is 19.9 Å². The molecule has 0 aromatic heterocycles. The lowest BCUT2D eigenvalue weighted by molar-refractivity contribution is 0.0536. The Morgan fingerprint density at radius 3 is 2.33 bits per heavy atom. The summed E-state index contributed by atoms with van der Waals surface area (Å²) in [6.07, 6.45) is -1.95. The first kappa shape index (κ1) is 14.8. The zero-order valence-corrected chi connectivity index (χ0v) is 11.5. The smallest absolute Gasteiger partial charge is 0.405 e. The van der Waals surface area contributed by atoms with Gasteiger partial charge in [-0.3, -0.25) is 4.79 Å². The van der Waals surface area contributed by atoms with Gasteiger partial charge in [0, 0.05) is 10.6 Å². The molecular formula is C12H13Cl2NO3. The fraction of sp³-hybridized carbons (Fsp3) is 0.333. The molecule has 2 N–H and O–H groups in total. The van der Waals surface area contributed by atoms with Gasteiger partial charge in [-0.05, 0) is 24.1 Å². The summed E-state index contributed by atoms with van der Waals surface area (Å²) in [4.78, 5) is 23.0. The van der Waals surface area contributed by atoms with Crippen molar-refractivity contribution in [3.63, 3.8) is 0 Å². The van der Waals surface area contributed by atoms with Crippen molar-refractivity contribution in [1.29, 1.82) is 0 Å². The molecule has 0 heterocycles. The number of Topliss-reactive ketones (excluding diaryl/α,β-unsaturated/α-hetero) is 1. The number of rotatable bonds is 4. The van der Waals surface area contributed by atoms with Crippen LogP contribution in [0.4, 0.5) is 4.79 Å². The Labute approximate surface area is 115 Å². The highest BCUT2D eigenvalue weighted by Crippen LogP contribution is 2.24. The van der Waals surface area contributed by atoms with Gasteiger partial charge in [0.25, 0.3) is 0 Å². The van der Waals surface area contributed by atoms with Gasteiger partial charge < -0.3 is 10.5 Å². The first-order valence-corrected chi connectivity index (χ1v) is 6.04. The van der Waals surface area contributed by atoms with Crippen molar-refractivity contribution in [2.75, 3.05) is 0 Å².